The van der Waals surface area contributed by atoms with Gasteiger partial charge in [0.1, 0.15) is 0 Å². The van der Waals surface area contributed by atoms with Gasteiger partial charge in [0.15, 0.2) is 0 Å². The summed E-state index contributed by atoms with van der Waals surface area (Å²) in [6.45, 7) is 0. The summed E-state index contributed by atoms with van der Waals surface area (Å²) in [5.41, 5.74) is 0.921. The molecule has 46 valence electrons. The molecular weight excluding hydrogens is 138 g/mol. The van der Waals surface area contributed by atoms with Gasteiger partial charge in [-0.25, -0.2) is 0 Å². The fraction of sp³-hybridized carbons (Fsp3) is 0.200. The average Bonchev–Trinajstić information content (AvgIpc) is 2.22. The third-order valence-electron chi connectivity index (χ3n) is 1.15. The zero-order chi connectivity index (χ0) is 6.27. The highest BCUT2D eigenvalue weighted by Crippen LogP contribution is 2.28. The lowest BCUT2D eigenvalue weighted by molar-refractivity contribution is -0.131. The van der Waals surface area contributed by atoms with Crippen LogP contribution in [0.3, 0.4) is 0 Å². The number of carbonyl (C=O) groups excluding carboxylic acids is 1. The molecule has 1 aromatic heterocycles. The highest BCUT2D eigenvalue weighted by molar-refractivity contribution is 7.08. The fourth-order valence-corrected chi connectivity index (χ4v) is 1.39. The van der Waals surface area contributed by atoms with Gasteiger partial charge in [-0.1, -0.05) is 0 Å². The third kappa shape index (κ3) is 0.632. The minimum absolute atomic E-state index is 0.168. The molecule has 0 aliphatic carbocycles. The van der Waals surface area contributed by atoms with E-state index in [1.165, 1.54) is 11.5 Å². The van der Waals surface area contributed by atoms with E-state index in [0.717, 1.165) is 5.56 Å². The van der Waals surface area contributed by atoms with E-state index in [4.69, 9.17) is 4.74 Å². The van der Waals surface area contributed by atoms with Gasteiger partial charge >= 0.3 is 5.97 Å². The van der Waals surface area contributed by atoms with Gasteiger partial charge in [-0.3, -0.25) is 4.79 Å². The van der Waals surface area contributed by atoms with Crippen LogP contribution in [0.5, 0.6) is 5.06 Å². The second-order valence-corrected chi connectivity index (χ2v) is 2.55. The molecule has 0 aromatic carbocycles. The summed E-state index contributed by atoms with van der Waals surface area (Å²) in [6, 6.07) is 0. The van der Waals surface area contributed by atoms with Gasteiger partial charge < -0.3 is 4.74 Å². The summed E-state index contributed by atoms with van der Waals surface area (Å²) in [7, 11) is 0. The van der Waals surface area contributed by atoms with E-state index >= 15 is 0 Å². The predicted octanol–water partition coefficient (Wildman–Crippen LogP) is 0.605. The van der Waals surface area contributed by atoms with Crippen molar-refractivity contribution < 1.29 is 9.53 Å². The zero-order valence-corrected chi connectivity index (χ0v) is 5.27. The molecule has 0 radical (unpaired) electrons. The topological polar surface area (TPSA) is 39.2 Å². The summed E-state index contributed by atoms with van der Waals surface area (Å²) in [6.07, 6.45) is 2.07. The Morgan fingerprint density at radius 1 is 1.78 bits per heavy atom. The van der Waals surface area contributed by atoms with Crippen LogP contribution < -0.4 is 4.74 Å². The number of rotatable bonds is 0. The molecule has 1 aliphatic rings. The molecule has 0 atom stereocenters. The quantitative estimate of drug-likeness (QED) is 0.497. The lowest BCUT2D eigenvalue weighted by Crippen LogP contribution is -2.00. The number of hydrogen-bond acceptors (Lipinski definition) is 4. The van der Waals surface area contributed by atoms with Crippen molar-refractivity contribution in [3.05, 3.63) is 11.8 Å². The lowest BCUT2D eigenvalue weighted by Gasteiger charge is -1.83. The Bertz CT molecular complexity index is 233. The molecule has 0 amide bonds. The van der Waals surface area contributed by atoms with Crippen molar-refractivity contribution in [3.8, 4) is 5.06 Å². The number of aromatic nitrogens is 1. The maximum atomic E-state index is 10.5. The average molecular weight is 141 g/mol. The van der Waals surface area contributed by atoms with Gasteiger partial charge in [0.2, 0.25) is 5.06 Å². The Hall–Kier alpha value is -0.900. The first kappa shape index (κ1) is 4.93. The molecule has 0 saturated carbocycles. The van der Waals surface area contributed by atoms with Crippen molar-refractivity contribution in [2.24, 2.45) is 0 Å². The number of nitrogens with zero attached hydrogens (tertiary/aromatic N) is 1. The van der Waals surface area contributed by atoms with Crippen LogP contribution in [0.25, 0.3) is 0 Å². The van der Waals surface area contributed by atoms with Gasteiger partial charge in [-0.2, -0.15) is 4.37 Å². The molecule has 0 fully saturated rings. The molecule has 1 aromatic rings. The van der Waals surface area contributed by atoms with E-state index in [1.807, 2.05) is 0 Å². The summed E-state index contributed by atoms with van der Waals surface area (Å²) >= 11 is 1.22. The van der Waals surface area contributed by atoms with Crippen molar-refractivity contribution in [1.29, 1.82) is 0 Å². The van der Waals surface area contributed by atoms with E-state index in [0.29, 0.717) is 11.5 Å². The van der Waals surface area contributed by atoms with E-state index in [-0.39, 0.29) is 5.97 Å². The first-order chi connectivity index (χ1) is 4.36. The first-order valence-corrected chi connectivity index (χ1v) is 3.28. The van der Waals surface area contributed by atoms with E-state index in [2.05, 4.69) is 4.37 Å². The van der Waals surface area contributed by atoms with Crippen molar-refractivity contribution in [2.45, 2.75) is 6.42 Å². The van der Waals surface area contributed by atoms with Gasteiger partial charge in [0.25, 0.3) is 0 Å². The van der Waals surface area contributed by atoms with Crippen molar-refractivity contribution in [1.82, 2.24) is 4.37 Å². The Morgan fingerprint density at radius 2 is 2.67 bits per heavy atom. The molecule has 0 N–H and O–H groups in total. The van der Waals surface area contributed by atoms with Crippen molar-refractivity contribution in [2.75, 3.05) is 0 Å². The van der Waals surface area contributed by atoms with Gasteiger partial charge in [0, 0.05) is 23.3 Å². The molecule has 0 saturated heterocycles. The third-order valence-corrected chi connectivity index (χ3v) is 1.87. The molecule has 2 rings (SSSR count). The molecular formula is C5H3NO2S. The van der Waals surface area contributed by atoms with Crippen LogP contribution in [-0.4, -0.2) is 10.3 Å². The molecule has 0 unspecified atom stereocenters. The largest absolute Gasteiger partial charge is 0.413 e. The summed E-state index contributed by atoms with van der Waals surface area (Å²) < 4.78 is 8.61. The highest BCUT2D eigenvalue weighted by Gasteiger charge is 2.21. The molecule has 9 heavy (non-hydrogen) atoms. The molecule has 4 heteroatoms. The smallest absolute Gasteiger partial charge is 0.316 e. The molecule has 0 bridgehead atoms. The second kappa shape index (κ2) is 1.54. The minimum atomic E-state index is -0.168. The maximum Gasteiger partial charge on any atom is 0.316 e. The lowest BCUT2D eigenvalue weighted by atomic mass is 10.3. The Labute approximate surface area is 55.4 Å². The standard InChI is InChI=1S/C5H3NO2S/c7-4-1-3-2-6-9-5(3)8-4/h2H,1H2. The van der Waals surface area contributed by atoms with Gasteiger partial charge in [-0.05, 0) is 0 Å². The van der Waals surface area contributed by atoms with Crippen LogP contribution in [0.4, 0.5) is 0 Å². The van der Waals surface area contributed by atoms with Gasteiger partial charge in [-0.15, -0.1) is 0 Å². The van der Waals surface area contributed by atoms with Gasteiger partial charge in [0.05, 0.1) is 6.42 Å². The van der Waals surface area contributed by atoms with E-state index < -0.39 is 0 Å². The van der Waals surface area contributed by atoms with Crippen LogP contribution in [0.2, 0.25) is 0 Å². The highest BCUT2D eigenvalue weighted by atomic mass is 32.1. The Balaban J connectivity index is 2.49. The number of hydrogen-bond donors (Lipinski definition) is 0. The van der Waals surface area contributed by atoms with E-state index in [9.17, 15) is 4.79 Å². The summed E-state index contributed by atoms with van der Waals surface area (Å²) in [4.78, 5) is 10.5. The fourth-order valence-electron chi connectivity index (χ4n) is 0.746. The first-order valence-electron chi connectivity index (χ1n) is 2.50. The van der Waals surface area contributed by atoms with Crippen LogP contribution in [0, 0.1) is 0 Å². The summed E-state index contributed by atoms with van der Waals surface area (Å²) in [5.74, 6) is -0.168. The number of fused-ring (bicyclic) bond motifs is 1. The number of esters is 1. The Kier molecular flexibility index (Phi) is 0.843. The normalized spacial score (nSPS) is 15.3. The zero-order valence-electron chi connectivity index (χ0n) is 4.46. The number of carbonyl (C=O) groups is 1. The minimum Gasteiger partial charge on any atom is -0.413 e. The molecule has 3 nitrogen and oxygen atoms in total. The summed E-state index contributed by atoms with van der Waals surface area (Å²) in [5, 5.41) is 0.667. The van der Waals surface area contributed by atoms with Crippen molar-refractivity contribution >= 4 is 17.5 Å². The van der Waals surface area contributed by atoms with E-state index in [1.54, 1.807) is 6.20 Å². The van der Waals surface area contributed by atoms with Crippen LogP contribution >= 0.6 is 11.5 Å². The van der Waals surface area contributed by atoms with Crippen LogP contribution in [0.1, 0.15) is 5.56 Å². The molecule has 1 aliphatic heterocycles. The second-order valence-electron chi connectivity index (χ2n) is 1.79. The molecule has 0 spiro atoms. The Morgan fingerprint density at radius 3 is 3.44 bits per heavy atom. The molecule has 2 heterocycles. The van der Waals surface area contributed by atoms with Crippen LogP contribution in [-0.2, 0) is 11.2 Å². The van der Waals surface area contributed by atoms with Crippen LogP contribution in [0.15, 0.2) is 6.20 Å². The SMILES string of the molecule is O=C1Cc2cnsc2O1. The predicted molar refractivity (Wildman–Crippen MR) is 31.5 cm³/mol. The maximum absolute atomic E-state index is 10.5. The monoisotopic (exact) mass is 141 g/mol. The number of ether oxygens (including phenoxy) is 1. The van der Waals surface area contributed by atoms with Crippen molar-refractivity contribution in [3.63, 3.8) is 0 Å².